The molecule has 0 radical (unpaired) electrons. The van der Waals surface area contributed by atoms with Gasteiger partial charge in [-0.15, -0.1) is 0 Å². The van der Waals surface area contributed by atoms with E-state index in [1.807, 2.05) is 6.07 Å². The van der Waals surface area contributed by atoms with E-state index in [-0.39, 0.29) is 18.2 Å². The molecule has 0 aliphatic carbocycles. The van der Waals surface area contributed by atoms with Gasteiger partial charge >= 0.3 is 5.97 Å². The lowest BCUT2D eigenvalue weighted by molar-refractivity contribution is -0.137. The number of carboxylic acid groups (broad SMARTS) is 1. The molecule has 7 heteroatoms. The van der Waals surface area contributed by atoms with Crippen molar-refractivity contribution in [2.24, 2.45) is 5.92 Å². The third kappa shape index (κ3) is 4.13. The second-order valence-electron chi connectivity index (χ2n) is 4.80. The molecule has 2 rings (SSSR count). The summed E-state index contributed by atoms with van der Waals surface area (Å²) in [6.07, 6.45) is 2.99. The lowest BCUT2D eigenvalue weighted by Crippen LogP contribution is -2.29. The predicted molar refractivity (Wildman–Crippen MR) is 75.1 cm³/mol. The average Bonchev–Trinajstić information content (AvgIpc) is 2.98. The van der Waals surface area contributed by atoms with Crippen LogP contribution >= 0.6 is 0 Å². The molecule has 110 valence electrons. The van der Waals surface area contributed by atoms with Crippen LogP contribution in [0.15, 0.2) is 36.9 Å². The Morgan fingerprint density at radius 2 is 2.24 bits per heavy atom. The quantitative estimate of drug-likeness (QED) is 0.829. The highest BCUT2D eigenvalue weighted by molar-refractivity contribution is 5.94. The number of carbonyl (C=O) groups is 2. The van der Waals surface area contributed by atoms with E-state index in [1.165, 1.54) is 6.33 Å². The summed E-state index contributed by atoms with van der Waals surface area (Å²) in [5.74, 6) is -1.23. The van der Waals surface area contributed by atoms with Gasteiger partial charge in [-0.25, -0.2) is 9.67 Å². The molecule has 1 heterocycles. The normalized spacial score (nSPS) is 11.9. The first-order chi connectivity index (χ1) is 10.1. The molecule has 0 aliphatic heterocycles. The number of hydrogen-bond donors (Lipinski definition) is 2. The number of aliphatic carboxylic acids is 1. The van der Waals surface area contributed by atoms with Gasteiger partial charge in [-0.3, -0.25) is 9.59 Å². The summed E-state index contributed by atoms with van der Waals surface area (Å²) in [5, 5.41) is 15.4. The molecule has 1 amide bonds. The maximum Gasteiger partial charge on any atom is 0.303 e. The number of nitrogens with one attached hydrogen (secondary N) is 1. The van der Waals surface area contributed by atoms with Gasteiger partial charge in [0.25, 0.3) is 5.91 Å². The SMILES string of the molecule is CC(CNC(=O)c1cccc(-n2cncn2)c1)CC(=O)O. The Kier molecular flexibility index (Phi) is 4.65. The van der Waals surface area contributed by atoms with Crippen LogP contribution in [0.25, 0.3) is 5.69 Å². The first-order valence-electron chi connectivity index (χ1n) is 6.51. The molecule has 0 saturated carbocycles. The topological polar surface area (TPSA) is 97.1 Å². The fourth-order valence-electron chi connectivity index (χ4n) is 1.87. The predicted octanol–water partition coefficient (Wildman–Crippen LogP) is 1.11. The largest absolute Gasteiger partial charge is 0.481 e. The Balaban J connectivity index is 2.00. The summed E-state index contributed by atoms with van der Waals surface area (Å²) in [5.41, 5.74) is 1.23. The van der Waals surface area contributed by atoms with E-state index >= 15 is 0 Å². The highest BCUT2D eigenvalue weighted by atomic mass is 16.4. The van der Waals surface area contributed by atoms with Crippen molar-refractivity contribution in [3.63, 3.8) is 0 Å². The molecule has 0 bridgehead atoms. The van der Waals surface area contributed by atoms with Crippen LogP contribution in [0.3, 0.4) is 0 Å². The van der Waals surface area contributed by atoms with E-state index in [4.69, 9.17) is 5.11 Å². The second-order valence-corrected chi connectivity index (χ2v) is 4.80. The number of carbonyl (C=O) groups excluding carboxylic acids is 1. The van der Waals surface area contributed by atoms with Gasteiger partial charge in [0.05, 0.1) is 5.69 Å². The standard InChI is InChI=1S/C14H16N4O3/c1-10(5-13(19)20)7-16-14(21)11-3-2-4-12(6-11)18-9-15-8-17-18/h2-4,6,8-10H,5,7H2,1H3,(H,16,21)(H,19,20). The molecule has 0 saturated heterocycles. The number of hydrogen-bond acceptors (Lipinski definition) is 4. The minimum atomic E-state index is -0.870. The van der Waals surface area contributed by atoms with Crippen LogP contribution in [-0.4, -0.2) is 38.3 Å². The van der Waals surface area contributed by atoms with Crippen molar-refractivity contribution in [2.75, 3.05) is 6.54 Å². The van der Waals surface area contributed by atoms with E-state index in [1.54, 1.807) is 36.1 Å². The molecule has 2 N–H and O–H groups in total. The van der Waals surface area contributed by atoms with Gasteiger partial charge in [0.2, 0.25) is 0 Å². The van der Waals surface area contributed by atoms with Crippen LogP contribution in [0.4, 0.5) is 0 Å². The number of benzene rings is 1. The van der Waals surface area contributed by atoms with Crippen molar-refractivity contribution in [1.82, 2.24) is 20.1 Å². The minimum Gasteiger partial charge on any atom is -0.481 e. The van der Waals surface area contributed by atoms with Crippen LogP contribution in [0, 0.1) is 5.92 Å². The number of aromatic nitrogens is 3. The van der Waals surface area contributed by atoms with Crippen LogP contribution in [0.2, 0.25) is 0 Å². The fourth-order valence-corrected chi connectivity index (χ4v) is 1.87. The Morgan fingerprint density at radius 1 is 1.43 bits per heavy atom. The molecule has 7 nitrogen and oxygen atoms in total. The lowest BCUT2D eigenvalue weighted by Gasteiger charge is -2.11. The first-order valence-corrected chi connectivity index (χ1v) is 6.51. The highest BCUT2D eigenvalue weighted by Gasteiger charge is 2.11. The number of nitrogens with zero attached hydrogens (tertiary/aromatic N) is 3. The van der Waals surface area contributed by atoms with Gasteiger partial charge in [0, 0.05) is 18.5 Å². The van der Waals surface area contributed by atoms with Crippen molar-refractivity contribution in [3.05, 3.63) is 42.5 Å². The van der Waals surface area contributed by atoms with Crippen molar-refractivity contribution in [3.8, 4) is 5.69 Å². The van der Waals surface area contributed by atoms with Crippen molar-refractivity contribution in [2.45, 2.75) is 13.3 Å². The van der Waals surface area contributed by atoms with Crippen LogP contribution in [0.1, 0.15) is 23.7 Å². The maximum absolute atomic E-state index is 12.1. The Hall–Kier alpha value is -2.70. The molecule has 21 heavy (non-hydrogen) atoms. The molecular formula is C14H16N4O3. The van der Waals surface area contributed by atoms with Crippen LogP contribution in [-0.2, 0) is 4.79 Å². The molecule has 1 aromatic carbocycles. The molecule has 1 aromatic heterocycles. The lowest BCUT2D eigenvalue weighted by atomic mass is 10.1. The van der Waals surface area contributed by atoms with Gasteiger partial charge in [-0.05, 0) is 24.1 Å². The van der Waals surface area contributed by atoms with E-state index < -0.39 is 5.97 Å². The third-order valence-corrected chi connectivity index (χ3v) is 2.93. The number of rotatable bonds is 6. The van der Waals surface area contributed by atoms with Gasteiger partial charge in [-0.1, -0.05) is 13.0 Å². The number of amides is 1. The Labute approximate surface area is 121 Å². The van der Waals surface area contributed by atoms with Gasteiger partial charge in [-0.2, -0.15) is 5.10 Å². The monoisotopic (exact) mass is 288 g/mol. The summed E-state index contributed by atoms with van der Waals surface area (Å²) < 4.78 is 1.56. The zero-order valence-corrected chi connectivity index (χ0v) is 11.6. The zero-order valence-electron chi connectivity index (χ0n) is 11.6. The summed E-state index contributed by atoms with van der Waals surface area (Å²) in [6, 6.07) is 6.97. The summed E-state index contributed by atoms with van der Waals surface area (Å²) in [7, 11) is 0. The van der Waals surface area contributed by atoms with Crippen molar-refractivity contribution >= 4 is 11.9 Å². The van der Waals surface area contributed by atoms with Crippen molar-refractivity contribution in [1.29, 1.82) is 0 Å². The summed E-state index contributed by atoms with van der Waals surface area (Å²) in [6.45, 7) is 2.10. The Morgan fingerprint density at radius 3 is 2.90 bits per heavy atom. The second kappa shape index (κ2) is 6.65. The average molecular weight is 288 g/mol. The van der Waals surface area contributed by atoms with Gasteiger partial charge in [0.15, 0.2) is 0 Å². The molecule has 0 spiro atoms. The van der Waals surface area contributed by atoms with E-state index in [0.29, 0.717) is 12.1 Å². The highest BCUT2D eigenvalue weighted by Crippen LogP contribution is 2.09. The smallest absolute Gasteiger partial charge is 0.303 e. The van der Waals surface area contributed by atoms with Gasteiger partial charge < -0.3 is 10.4 Å². The van der Waals surface area contributed by atoms with Gasteiger partial charge in [0.1, 0.15) is 12.7 Å². The van der Waals surface area contributed by atoms with E-state index in [0.717, 1.165) is 5.69 Å². The van der Waals surface area contributed by atoms with Crippen LogP contribution in [0.5, 0.6) is 0 Å². The molecule has 2 aromatic rings. The minimum absolute atomic E-state index is 0.0271. The number of carboxylic acids is 1. The summed E-state index contributed by atoms with van der Waals surface area (Å²) in [4.78, 5) is 26.5. The third-order valence-electron chi connectivity index (χ3n) is 2.93. The van der Waals surface area contributed by atoms with Crippen molar-refractivity contribution < 1.29 is 14.7 Å². The Bertz CT molecular complexity index is 625. The van der Waals surface area contributed by atoms with E-state index in [9.17, 15) is 9.59 Å². The maximum atomic E-state index is 12.1. The van der Waals surface area contributed by atoms with E-state index in [2.05, 4.69) is 15.4 Å². The molecular weight excluding hydrogens is 272 g/mol. The summed E-state index contributed by atoms with van der Waals surface area (Å²) >= 11 is 0. The molecule has 0 fully saturated rings. The molecule has 1 atom stereocenters. The molecule has 0 aliphatic rings. The van der Waals surface area contributed by atoms with Crippen LogP contribution < -0.4 is 5.32 Å². The fraction of sp³-hybridized carbons (Fsp3) is 0.286. The molecule has 1 unspecified atom stereocenters. The first kappa shape index (κ1) is 14.7. The zero-order chi connectivity index (χ0) is 15.2.